The van der Waals surface area contributed by atoms with Crippen molar-refractivity contribution in [3.05, 3.63) is 16.9 Å². The van der Waals surface area contributed by atoms with E-state index < -0.39 is 11.9 Å². The third-order valence-corrected chi connectivity index (χ3v) is 1.80. The second-order valence-corrected chi connectivity index (χ2v) is 3.41. The molecule has 1 unspecified atom stereocenters. The van der Waals surface area contributed by atoms with Crippen LogP contribution in [0, 0.1) is 0 Å². The summed E-state index contributed by atoms with van der Waals surface area (Å²) < 4.78 is 0.782. The first-order chi connectivity index (χ1) is 6.09. The van der Waals surface area contributed by atoms with Crippen LogP contribution in [0.25, 0.3) is 0 Å². The molecule has 6 heteroatoms. The van der Waals surface area contributed by atoms with E-state index in [1.165, 1.54) is 0 Å². The Kier molecular flexibility index (Phi) is 3.18. The number of primary amides is 1. The summed E-state index contributed by atoms with van der Waals surface area (Å²) in [5.74, 6) is -0.0546. The number of hydrogen-bond donors (Lipinski definition) is 2. The van der Waals surface area contributed by atoms with Crippen LogP contribution in [0.1, 0.15) is 6.92 Å². The fraction of sp³-hybridized carbons (Fsp3) is 0.286. The predicted octanol–water partition coefficient (Wildman–Crippen LogP) is 0.525. The van der Waals surface area contributed by atoms with Crippen molar-refractivity contribution in [3.63, 3.8) is 0 Å². The maximum Gasteiger partial charge on any atom is 0.239 e. The maximum absolute atomic E-state index is 10.7. The highest BCUT2D eigenvalue weighted by Gasteiger charge is 2.08. The summed E-state index contributed by atoms with van der Waals surface area (Å²) in [6, 6.07) is -0.471. The minimum Gasteiger partial charge on any atom is -0.368 e. The van der Waals surface area contributed by atoms with E-state index in [1.807, 2.05) is 0 Å². The molecule has 3 N–H and O–H groups in total. The Hall–Kier alpha value is -1.17. The van der Waals surface area contributed by atoms with Crippen molar-refractivity contribution in [1.82, 2.24) is 9.97 Å². The van der Waals surface area contributed by atoms with Crippen LogP contribution in [0.2, 0.25) is 0 Å². The topological polar surface area (TPSA) is 80.9 Å². The molecule has 0 bridgehead atoms. The second kappa shape index (κ2) is 4.18. The Labute approximate surface area is 83.9 Å². The summed E-state index contributed by atoms with van der Waals surface area (Å²) in [6.07, 6.45) is 3.17. The highest BCUT2D eigenvalue weighted by Crippen LogP contribution is 2.07. The Balaban J connectivity index is 2.64. The standard InChI is InChI=1S/C7H9BrN4O/c1-4(6(9)13)12-7-10-2-5(8)3-11-7/h2-4H,1H3,(H2,9,13)(H,10,11,12). The molecule has 0 radical (unpaired) electrons. The van der Waals surface area contributed by atoms with Crippen LogP contribution >= 0.6 is 15.9 Å². The molecule has 1 atom stereocenters. The summed E-state index contributed by atoms with van der Waals surface area (Å²) in [5, 5.41) is 2.75. The van der Waals surface area contributed by atoms with Gasteiger partial charge in [-0.2, -0.15) is 0 Å². The normalized spacial score (nSPS) is 12.2. The number of carbonyl (C=O) groups is 1. The molecule has 0 aromatic carbocycles. The van der Waals surface area contributed by atoms with Gasteiger partial charge in [0.15, 0.2) is 0 Å². The fourth-order valence-corrected chi connectivity index (χ4v) is 0.856. The minimum absolute atomic E-state index is 0.384. The van der Waals surface area contributed by atoms with E-state index in [2.05, 4.69) is 31.2 Å². The smallest absolute Gasteiger partial charge is 0.239 e. The largest absolute Gasteiger partial charge is 0.368 e. The van der Waals surface area contributed by atoms with E-state index in [0.29, 0.717) is 5.95 Å². The maximum atomic E-state index is 10.7. The van der Waals surface area contributed by atoms with Gasteiger partial charge in [0.1, 0.15) is 6.04 Å². The average molecular weight is 245 g/mol. The second-order valence-electron chi connectivity index (χ2n) is 2.49. The number of nitrogens with zero attached hydrogens (tertiary/aromatic N) is 2. The lowest BCUT2D eigenvalue weighted by Crippen LogP contribution is -2.33. The molecule has 0 saturated carbocycles. The average Bonchev–Trinajstić information content (AvgIpc) is 2.08. The number of carbonyl (C=O) groups excluding carboxylic acids is 1. The summed E-state index contributed by atoms with van der Waals surface area (Å²) in [5.41, 5.74) is 5.05. The highest BCUT2D eigenvalue weighted by molar-refractivity contribution is 9.10. The van der Waals surface area contributed by atoms with Gasteiger partial charge >= 0.3 is 0 Å². The molecule has 0 saturated heterocycles. The van der Waals surface area contributed by atoms with Gasteiger partial charge < -0.3 is 11.1 Å². The van der Waals surface area contributed by atoms with E-state index >= 15 is 0 Å². The molecule has 0 fully saturated rings. The molecular formula is C7H9BrN4O. The Morgan fingerprint density at radius 3 is 2.62 bits per heavy atom. The van der Waals surface area contributed by atoms with Gasteiger partial charge in [0.05, 0.1) is 4.47 Å². The molecule has 0 spiro atoms. The molecule has 13 heavy (non-hydrogen) atoms. The van der Waals surface area contributed by atoms with Gasteiger partial charge in [-0.25, -0.2) is 9.97 Å². The van der Waals surface area contributed by atoms with Crippen molar-refractivity contribution in [3.8, 4) is 0 Å². The predicted molar refractivity (Wildman–Crippen MR) is 52.0 cm³/mol. The van der Waals surface area contributed by atoms with Crippen molar-refractivity contribution < 1.29 is 4.79 Å². The Bertz CT molecular complexity index is 300. The minimum atomic E-state index is -0.471. The molecule has 1 aromatic rings. The number of halogens is 1. The van der Waals surface area contributed by atoms with Crippen LogP contribution < -0.4 is 11.1 Å². The first kappa shape index (κ1) is 9.91. The molecule has 0 aliphatic rings. The number of nitrogens with one attached hydrogen (secondary N) is 1. The van der Waals surface area contributed by atoms with Crippen LogP contribution in [0.5, 0.6) is 0 Å². The van der Waals surface area contributed by atoms with Crippen LogP contribution in [0.15, 0.2) is 16.9 Å². The van der Waals surface area contributed by atoms with Crippen molar-refractivity contribution in [2.75, 3.05) is 5.32 Å². The first-order valence-electron chi connectivity index (χ1n) is 3.63. The quantitative estimate of drug-likeness (QED) is 0.813. The summed E-state index contributed by atoms with van der Waals surface area (Å²) in [6.45, 7) is 1.65. The Morgan fingerprint density at radius 1 is 1.62 bits per heavy atom. The Morgan fingerprint density at radius 2 is 2.15 bits per heavy atom. The SMILES string of the molecule is CC(Nc1ncc(Br)cn1)C(N)=O. The molecule has 0 aliphatic carbocycles. The van der Waals surface area contributed by atoms with E-state index in [1.54, 1.807) is 19.3 Å². The van der Waals surface area contributed by atoms with Crippen molar-refractivity contribution >= 4 is 27.8 Å². The van der Waals surface area contributed by atoms with Gasteiger partial charge in [0.25, 0.3) is 0 Å². The van der Waals surface area contributed by atoms with E-state index in [0.717, 1.165) is 4.47 Å². The lowest BCUT2D eigenvalue weighted by molar-refractivity contribution is -0.118. The zero-order valence-corrected chi connectivity index (χ0v) is 8.58. The van der Waals surface area contributed by atoms with Crippen LogP contribution in [0.3, 0.4) is 0 Å². The number of anilines is 1. The van der Waals surface area contributed by atoms with Crippen molar-refractivity contribution in [2.24, 2.45) is 5.73 Å². The van der Waals surface area contributed by atoms with E-state index in [-0.39, 0.29) is 0 Å². The van der Waals surface area contributed by atoms with E-state index in [4.69, 9.17) is 5.73 Å². The number of nitrogens with two attached hydrogens (primary N) is 1. The van der Waals surface area contributed by atoms with Gasteiger partial charge in [-0.1, -0.05) is 0 Å². The fourth-order valence-electron chi connectivity index (χ4n) is 0.652. The summed E-state index contributed by atoms with van der Waals surface area (Å²) in [4.78, 5) is 18.5. The molecule has 1 aromatic heterocycles. The highest BCUT2D eigenvalue weighted by atomic mass is 79.9. The van der Waals surface area contributed by atoms with Gasteiger partial charge in [-0.05, 0) is 22.9 Å². The third kappa shape index (κ3) is 2.98. The van der Waals surface area contributed by atoms with Crippen LogP contribution in [0.4, 0.5) is 5.95 Å². The number of hydrogen-bond acceptors (Lipinski definition) is 4. The summed E-state index contributed by atoms with van der Waals surface area (Å²) in [7, 11) is 0. The zero-order chi connectivity index (χ0) is 9.84. The van der Waals surface area contributed by atoms with Crippen molar-refractivity contribution in [2.45, 2.75) is 13.0 Å². The molecule has 1 heterocycles. The number of aromatic nitrogens is 2. The van der Waals surface area contributed by atoms with E-state index in [9.17, 15) is 4.79 Å². The zero-order valence-electron chi connectivity index (χ0n) is 6.99. The van der Waals surface area contributed by atoms with Gasteiger partial charge in [-0.3, -0.25) is 4.79 Å². The summed E-state index contributed by atoms with van der Waals surface area (Å²) >= 11 is 3.20. The van der Waals surface area contributed by atoms with Gasteiger partial charge in [-0.15, -0.1) is 0 Å². The lowest BCUT2D eigenvalue weighted by atomic mass is 10.3. The number of rotatable bonds is 3. The van der Waals surface area contributed by atoms with Gasteiger partial charge in [0.2, 0.25) is 11.9 Å². The van der Waals surface area contributed by atoms with Crippen molar-refractivity contribution in [1.29, 1.82) is 0 Å². The molecule has 0 aliphatic heterocycles. The third-order valence-electron chi connectivity index (χ3n) is 1.39. The van der Waals surface area contributed by atoms with Crippen LogP contribution in [-0.2, 0) is 4.79 Å². The first-order valence-corrected chi connectivity index (χ1v) is 4.42. The molecule has 5 nitrogen and oxygen atoms in total. The molecule has 1 amide bonds. The molecule has 70 valence electrons. The lowest BCUT2D eigenvalue weighted by Gasteiger charge is -2.08. The van der Waals surface area contributed by atoms with Gasteiger partial charge in [0, 0.05) is 12.4 Å². The molecule has 1 rings (SSSR count). The molecular weight excluding hydrogens is 236 g/mol. The monoisotopic (exact) mass is 244 g/mol. The number of amides is 1. The van der Waals surface area contributed by atoms with Crippen LogP contribution in [-0.4, -0.2) is 21.9 Å².